The van der Waals surface area contributed by atoms with E-state index in [4.69, 9.17) is 21.7 Å². The van der Waals surface area contributed by atoms with Crippen molar-refractivity contribution >= 4 is 39.4 Å². The number of rotatable bonds is 12. The Hall–Kier alpha value is -5.02. The number of halogens is 7. The third kappa shape index (κ3) is 7.70. The number of nitrogens with one attached hydrogen (secondary N) is 3. The van der Waals surface area contributed by atoms with Gasteiger partial charge in [-0.2, -0.15) is 27.5 Å². The zero-order valence-electron chi connectivity index (χ0n) is 30.0. The number of alkyl halides is 5. The number of hydrogen-bond acceptors (Lipinski definition) is 9. The first kappa shape index (κ1) is 40.6. The van der Waals surface area contributed by atoms with Crippen LogP contribution >= 0.6 is 11.6 Å². The molecule has 2 atom stereocenters. The zero-order valence-corrected chi connectivity index (χ0v) is 31.5. The number of aromatic nitrogens is 5. The summed E-state index contributed by atoms with van der Waals surface area (Å²) >= 11 is 6.37. The third-order valence-electron chi connectivity index (χ3n) is 9.15. The van der Waals surface area contributed by atoms with E-state index >= 15 is 4.39 Å². The number of carbonyl (C=O) groups excluding carboxylic acids is 2. The minimum Gasteiger partial charge on any atom is -0.344 e. The minimum absolute atomic E-state index is 0.0879. The monoisotopic (exact) mass is 829 g/mol. The summed E-state index contributed by atoms with van der Waals surface area (Å²) in [6, 6.07) is 7.43. The fourth-order valence-corrected chi connectivity index (χ4v) is 7.25. The van der Waals surface area contributed by atoms with Crippen molar-refractivity contribution < 1.29 is 49.1 Å². The van der Waals surface area contributed by atoms with Gasteiger partial charge in [-0.3, -0.25) is 15.0 Å². The van der Waals surface area contributed by atoms with Crippen LogP contribution in [0.4, 0.5) is 26.3 Å². The number of ether oxygens (including phenoxy) is 1. The SMILES string of the molecule is CC(C)(C)C[C@]1(c2ccc(-c3cnn(S(C)(=O)=O)c3)cc2F)NC(=N)N([C@H](OCC(=O)NC2(C(F)(F)F)CC2)c2ccc(Cl)c(-n3ncnc3C(F)F)c2)C1=O. The van der Waals surface area contributed by atoms with Crippen LogP contribution in [0.1, 0.15) is 69.6 Å². The fraction of sp³-hybridized carbons (Fsp3) is 0.412. The third-order valence-corrected chi connectivity index (χ3v) is 10.3. The first-order valence-corrected chi connectivity index (χ1v) is 18.9. The number of guanidine groups is 1. The van der Waals surface area contributed by atoms with Gasteiger partial charge in [-0.15, -0.1) is 0 Å². The molecule has 3 N–H and O–H groups in total. The van der Waals surface area contributed by atoms with Crippen molar-refractivity contribution in [2.45, 2.75) is 69.9 Å². The van der Waals surface area contributed by atoms with Crippen LogP contribution in [0.5, 0.6) is 0 Å². The van der Waals surface area contributed by atoms with E-state index in [-0.39, 0.29) is 52.2 Å². The first-order valence-electron chi connectivity index (χ1n) is 16.7. The molecule has 2 aromatic carbocycles. The van der Waals surface area contributed by atoms with Gasteiger partial charge < -0.3 is 15.4 Å². The lowest BCUT2D eigenvalue weighted by atomic mass is 9.75. The molecule has 14 nitrogen and oxygen atoms in total. The van der Waals surface area contributed by atoms with Gasteiger partial charge in [-0.1, -0.05) is 50.6 Å². The Morgan fingerprint density at radius 1 is 1.11 bits per heavy atom. The van der Waals surface area contributed by atoms with E-state index in [0.29, 0.717) is 4.09 Å². The summed E-state index contributed by atoms with van der Waals surface area (Å²) in [6.45, 7) is 4.18. The van der Waals surface area contributed by atoms with E-state index < -0.39 is 81.4 Å². The predicted molar refractivity (Wildman–Crippen MR) is 188 cm³/mol. The molecule has 1 aliphatic heterocycles. The zero-order chi connectivity index (χ0) is 41.2. The Labute approximate surface area is 320 Å². The highest BCUT2D eigenvalue weighted by Gasteiger charge is 2.64. The quantitative estimate of drug-likeness (QED) is 0.154. The lowest BCUT2D eigenvalue weighted by Crippen LogP contribution is -2.49. The van der Waals surface area contributed by atoms with E-state index in [1.165, 1.54) is 42.7 Å². The number of hydrogen-bond donors (Lipinski definition) is 3. The normalized spacial score (nSPS) is 19.0. The number of carbonyl (C=O) groups is 2. The average molecular weight is 830 g/mol. The highest BCUT2D eigenvalue weighted by atomic mass is 35.5. The van der Waals surface area contributed by atoms with Crippen LogP contribution in [-0.4, -0.2) is 79.6 Å². The van der Waals surface area contributed by atoms with E-state index in [2.05, 4.69) is 20.5 Å². The van der Waals surface area contributed by atoms with Gasteiger partial charge in [0.1, 0.15) is 29.8 Å². The molecular weight excluding hydrogens is 796 g/mol. The van der Waals surface area contributed by atoms with Crippen molar-refractivity contribution in [2.75, 3.05) is 12.9 Å². The Morgan fingerprint density at radius 2 is 1.80 bits per heavy atom. The predicted octanol–water partition coefficient (Wildman–Crippen LogP) is 5.59. The Bertz CT molecular complexity index is 2320. The molecule has 4 aromatic rings. The molecule has 0 unspecified atom stereocenters. The van der Waals surface area contributed by atoms with Gasteiger partial charge in [-0.05, 0) is 48.4 Å². The molecule has 1 saturated carbocycles. The van der Waals surface area contributed by atoms with Gasteiger partial charge in [0.25, 0.3) is 22.4 Å². The molecule has 0 spiro atoms. The van der Waals surface area contributed by atoms with Gasteiger partial charge >= 0.3 is 6.18 Å². The first-order chi connectivity index (χ1) is 26.0. The highest BCUT2D eigenvalue weighted by Crippen LogP contribution is 2.49. The van der Waals surface area contributed by atoms with Gasteiger partial charge in [-0.25, -0.2) is 36.2 Å². The molecule has 2 amide bonds. The second-order valence-electron chi connectivity index (χ2n) is 14.7. The molecule has 6 rings (SSSR count). The largest absolute Gasteiger partial charge is 0.411 e. The standard InChI is InChI=1S/C34H34ClF6N9O5S/c1-31(2,3)16-33(21-7-5-18(11-23(21)36)20-13-44-48(14-20)56(4,53)54)29(52)49(30(42)47-33)28(55-15-25(51)46-32(9-10-32)34(39,40)41)19-6-8-22(35)24(12-19)50-27(26(37)38)43-17-45-50/h5-8,11-14,17,26,28H,9-10,15-16H2,1-4H3,(H2,42,47)(H,46,51)/t28-,33-/m1/s1. The number of benzene rings is 2. The van der Waals surface area contributed by atoms with Crippen LogP contribution in [0.3, 0.4) is 0 Å². The summed E-state index contributed by atoms with van der Waals surface area (Å²) in [5.74, 6) is -4.59. The van der Waals surface area contributed by atoms with Gasteiger partial charge in [0.15, 0.2) is 12.1 Å². The molecule has 0 bridgehead atoms. The van der Waals surface area contributed by atoms with Crippen molar-refractivity contribution in [3.8, 4) is 16.8 Å². The second-order valence-corrected chi connectivity index (χ2v) is 16.9. The van der Waals surface area contributed by atoms with Gasteiger partial charge in [0.2, 0.25) is 11.9 Å². The fourth-order valence-electron chi connectivity index (χ4n) is 6.53. The van der Waals surface area contributed by atoms with E-state index in [0.717, 1.165) is 28.2 Å². The molecule has 22 heteroatoms. The molecule has 1 aliphatic carbocycles. The summed E-state index contributed by atoms with van der Waals surface area (Å²) in [4.78, 5) is 32.1. The van der Waals surface area contributed by atoms with E-state index in [1.54, 1.807) is 20.8 Å². The summed E-state index contributed by atoms with van der Waals surface area (Å²) < 4.78 is 116. The van der Waals surface area contributed by atoms with E-state index in [9.17, 15) is 40.0 Å². The Morgan fingerprint density at radius 3 is 2.38 bits per heavy atom. The summed E-state index contributed by atoms with van der Waals surface area (Å²) in [7, 11) is -3.76. The Balaban J connectivity index is 1.43. The molecular formula is C34H34ClF6N9O5S. The molecule has 56 heavy (non-hydrogen) atoms. The number of nitrogens with zero attached hydrogens (tertiary/aromatic N) is 6. The molecule has 2 aliphatic rings. The van der Waals surface area contributed by atoms with Crippen LogP contribution in [0, 0.1) is 16.6 Å². The second kappa shape index (κ2) is 14.2. The molecule has 0 radical (unpaired) electrons. The molecule has 2 fully saturated rings. The molecule has 3 heterocycles. The van der Waals surface area contributed by atoms with Crippen LogP contribution in [0.25, 0.3) is 16.8 Å². The van der Waals surface area contributed by atoms with Gasteiger partial charge in [0.05, 0.1) is 29.4 Å². The molecule has 2 aromatic heterocycles. The van der Waals surface area contributed by atoms with Gasteiger partial charge in [0, 0.05) is 16.7 Å². The maximum atomic E-state index is 16.4. The summed E-state index contributed by atoms with van der Waals surface area (Å²) in [6.07, 6.45) is -6.40. The topological polar surface area (TPSA) is 177 Å². The Kier molecular flexibility index (Phi) is 10.3. The van der Waals surface area contributed by atoms with Crippen molar-refractivity contribution in [3.63, 3.8) is 0 Å². The van der Waals surface area contributed by atoms with Crippen molar-refractivity contribution in [1.29, 1.82) is 5.41 Å². The lowest BCUT2D eigenvalue weighted by Gasteiger charge is -2.35. The van der Waals surface area contributed by atoms with Crippen LogP contribution < -0.4 is 10.6 Å². The minimum atomic E-state index is -4.76. The van der Waals surface area contributed by atoms with Crippen molar-refractivity contribution in [1.82, 2.24) is 39.5 Å². The number of amides is 2. The van der Waals surface area contributed by atoms with E-state index in [1.807, 2.05) is 5.32 Å². The van der Waals surface area contributed by atoms with Crippen LogP contribution in [0.15, 0.2) is 55.1 Å². The molecule has 1 saturated heterocycles. The lowest BCUT2D eigenvalue weighted by molar-refractivity contribution is -0.172. The van der Waals surface area contributed by atoms with Crippen molar-refractivity contribution in [2.24, 2.45) is 5.41 Å². The summed E-state index contributed by atoms with van der Waals surface area (Å²) in [5, 5.41) is 21.2. The maximum Gasteiger partial charge on any atom is 0.411 e. The smallest absolute Gasteiger partial charge is 0.344 e. The average Bonchev–Trinajstić information content (AvgIpc) is 3.40. The van der Waals surface area contributed by atoms with Crippen LogP contribution in [-0.2, 0) is 29.9 Å². The highest BCUT2D eigenvalue weighted by molar-refractivity contribution is 7.89. The molecule has 300 valence electrons. The maximum absolute atomic E-state index is 16.4. The van der Waals surface area contributed by atoms with Crippen molar-refractivity contribution in [3.05, 3.63) is 82.9 Å². The van der Waals surface area contributed by atoms with Crippen LogP contribution in [0.2, 0.25) is 5.02 Å². The summed E-state index contributed by atoms with van der Waals surface area (Å²) in [5.41, 5.74) is -5.31.